The van der Waals surface area contributed by atoms with Gasteiger partial charge in [-0.3, -0.25) is 5.10 Å². The van der Waals surface area contributed by atoms with Crippen molar-refractivity contribution >= 4 is 45.4 Å². The van der Waals surface area contributed by atoms with Gasteiger partial charge in [-0.2, -0.15) is 10.2 Å². The van der Waals surface area contributed by atoms with Gasteiger partial charge in [-0.05, 0) is 82.3 Å². The van der Waals surface area contributed by atoms with E-state index < -0.39 is 5.97 Å². The number of fused-ring (bicyclic) bond motifs is 2. The van der Waals surface area contributed by atoms with Crippen molar-refractivity contribution in [1.82, 2.24) is 29.9 Å². The second-order valence-corrected chi connectivity index (χ2v) is 14.8. The maximum Gasteiger partial charge on any atom is 0.357 e. The van der Waals surface area contributed by atoms with E-state index in [-0.39, 0.29) is 11.9 Å². The Hall–Kier alpha value is -4.30. The van der Waals surface area contributed by atoms with Gasteiger partial charge >= 0.3 is 11.9 Å². The fraction of sp³-hybridized carbons (Fsp3) is 0.650. The summed E-state index contributed by atoms with van der Waals surface area (Å²) in [5.41, 5.74) is 6.17. The molecule has 0 spiro atoms. The monoisotopic (exact) mass is 748 g/mol. The lowest BCUT2D eigenvalue weighted by Gasteiger charge is -2.34. The quantitative estimate of drug-likeness (QED) is 0.144. The van der Waals surface area contributed by atoms with Crippen LogP contribution in [0.25, 0.3) is 22.1 Å². The summed E-state index contributed by atoms with van der Waals surface area (Å²) in [5, 5.41) is 14.3. The zero-order valence-electron chi connectivity index (χ0n) is 33.7. The molecule has 14 heteroatoms. The molecular weight excluding hydrogens is 688 g/mol. The van der Waals surface area contributed by atoms with Crippen LogP contribution >= 0.6 is 0 Å². The lowest BCUT2D eigenvalue weighted by molar-refractivity contribution is 0.0510. The molecule has 0 atom stereocenters. The number of ether oxygens (including phenoxy) is 4. The smallest absolute Gasteiger partial charge is 0.357 e. The summed E-state index contributed by atoms with van der Waals surface area (Å²) in [6, 6.07) is 3.75. The molecule has 1 N–H and O–H groups in total. The molecule has 6 heterocycles. The maximum absolute atomic E-state index is 12.5. The third kappa shape index (κ3) is 9.14. The first-order valence-electron chi connectivity index (χ1n) is 19.7. The highest BCUT2D eigenvalue weighted by Gasteiger charge is 2.28. The number of nitrogens with one attached hydrogen (secondary N) is 1. The third-order valence-electron chi connectivity index (χ3n) is 10.3. The number of nitrogens with zero attached hydrogens (tertiary/aromatic N) is 7. The molecule has 4 aromatic heterocycles. The summed E-state index contributed by atoms with van der Waals surface area (Å²) < 4.78 is 22.9. The summed E-state index contributed by atoms with van der Waals surface area (Å²) >= 11 is 0. The lowest BCUT2D eigenvalue weighted by atomic mass is 9.96. The minimum absolute atomic E-state index is 0.273. The second-order valence-electron chi connectivity index (χ2n) is 14.8. The van der Waals surface area contributed by atoms with Crippen LogP contribution in [0.1, 0.15) is 118 Å². The standard InChI is InChI=1S/C21H32N4O3.C19H28N4O3/c1-6-25-20-18(19(23-25)14(3)4)17(12-16(22-20)21(26)28-7-2)24-10-8-15(9-11-24)13-27-5;1-5-26-19(24)14-10-15(23-8-6-13(7-9-23)11-25-4)16-17(12(2)3)21-22-18(16)20-14/h12,14-15H,6-11,13H2,1-5H3;10,12-13H,5-9,11H2,1-4H3,(H,20,21,22). The average Bonchev–Trinajstić information content (AvgIpc) is 3.78. The molecule has 0 radical (unpaired) electrons. The van der Waals surface area contributed by atoms with Crippen molar-refractivity contribution in [2.75, 3.05) is 76.6 Å². The van der Waals surface area contributed by atoms with E-state index >= 15 is 0 Å². The molecule has 2 aliphatic heterocycles. The van der Waals surface area contributed by atoms with Gasteiger partial charge in [0.1, 0.15) is 0 Å². The van der Waals surface area contributed by atoms with Crippen LogP contribution in [0.2, 0.25) is 0 Å². The molecule has 54 heavy (non-hydrogen) atoms. The fourth-order valence-corrected chi connectivity index (χ4v) is 7.52. The van der Waals surface area contributed by atoms with Gasteiger partial charge in [0, 0.05) is 65.9 Å². The van der Waals surface area contributed by atoms with Gasteiger partial charge in [0.2, 0.25) is 0 Å². The summed E-state index contributed by atoms with van der Waals surface area (Å²) in [6.45, 7) is 20.9. The minimum atomic E-state index is -0.404. The van der Waals surface area contributed by atoms with Gasteiger partial charge in [0.15, 0.2) is 22.7 Å². The molecule has 2 saturated heterocycles. The third-order valence-corrected chi connectivity index (χ3v) is 10.3. The van der Waals surface area contributed by atoms with Crippen LogP contribution < -0.4 is 9.80 Å². The average molecular weight is 749 g/mol. The molecule has 6 rings (SSSR count). The molecule has 2 aliphatic rings. The molecule has 4 aromatic rings. The first-order valence-corrected chi connectivity index (χ1v) is 19.7. The summed E-state index contributed by atoms with van der Waals surface area (Å²) in [7, 11) is 3.52. The molecule has 296 valence electrons. The van der Waals surface area contributed by atoms with Crippen molar-refractivity contribution in [3.8, 4) is 0 Å². The number of H-pyrrole nitrogens is 1. The Morgan fingerprint density at radius 1 is 0.759 bits per heavy atom. The molecule has 2 fully saturated rings. The van der Waals surface area contributed by atoms with Crippen molar-refractivity contribution in [2.24, 2.45) is 11.8 Å². The van der Waals surface area contributed by atoms with Gasteiger partial charge in [0.05, 0.1) is 41.1 Å². The zero-order chi connectivity index (χ0) is 38.9. The van der Waals surface area contributed by atoms with Crippen LogP contribution in [0.3, 0.4) is 0 Å². The van der Waals surface area contributed by atoms with Crippen molar-refractivity contribution in [3.05, 3.63) is 34.9 Å². The number of rotatable bonds is 13. The number of esters is 2. The van der Waals surface area contributed by atoms with E-state index in [1.54, 1.807) is 21.1 Å². The highest BCUT2D eigenvalue weighted by Crippen LogP contribution is 2.37. The number of aromatic nitrogens is 6. The fourth-order valence-electron chi connectivity index (χ4n) is 7.52. The number of carbonyl (C=O) groups is 2. The van der Waals surface area contributed by atoms with Crippen LogP contribution in [0.5, 0.6) is 0 Å². The molecule has 14 nitrogen and oxygen atoms in total. The van der Waals surface area contributed by atoms with Crippen LogP contribution in [0.4, 0.5) is 11.4 Å². The SMILES string of the molecule is CCOC(=O)c1cc(N2CCC(COC)CC2)c2c(C(C)C)[nH]nc2n1.CCOC(=O)c1cc(N2CCC(COC)CC2)c2c(C(C)C)nn(CC)c2n1. The number of aryl methyl sites for hydroxylation is 1. The van der Waals surface area contributed by atoms with Gasteiger partial charge in [0.25, 0.3) is 0 Å². The molecular formula is C40H60N8O6. The van der Waals surface area contributed by atoms with E-state index in [1.165, 1.54) is 0 Å². The number of carbonyl (C=O) groups excluding carboxylic acids is 2. The normalized spacial score (nSPS) is 15.7. The number of pyridine rings is 2. The second kappa shape index (κ2) is 18.8. The Balaban J connectivity index is 0.000000208. The predicted molar refractivity (Wildman–Crippen MR) is 211 cm³/mol. The van der Waals surface area contributed by atoms with Gasteiger partial charge in [-0.25, -0.2) is 24.2 Å². The predicted octanol–water partition coefficient (Wildman–Crippen LogP) is 6.73. The molecule has 0 amide bonds. The van der Waals surface area contributed by atoms with Crippen molar-refractivity contribution in [3.63, 3.8) is 0 Å². The zero-order valence-corrected chi connectivity index (χ0v) is 33.7. The molecule has 0 bridgehead atoms. The number of methoxy groups -OCH3 is 2. The highest BCUT2D eigenvalue weighted by molar-refractivity contribution is 5.99. The van der Waals surface area contributed by atoms with E-state index in [4.69, 9.17) is 24.0 Å². The molecule has 0 saturated carbocycles. The first-order chi connectivity index (χ1) is 26.0. The van der Waals surface area contributed by atoms with Crippen LogP contribution in [0.15, 0.2) is 12.1 Å². The Bertz CT molecular complexity index is 1850. The van der Waals surface area contributed by atoms with Gasteiger partial charge in [-0.15, -0.1) is 0 Å². The molecule has 0 aliphatic carbocycles. The largest absolute Gasteiger partial charge is 0.461 e. The van der Waals surface area contributed by atoms with Gasteiger partial charge in [-0.1, -0.05) is 27.7 Å². The van der Waals surface area contributed by atoms with Gasteiger partial charge < -0.3 is 28.7 Å². The van der Waals surface area contributed by atoms with Crippen molar-refractivity contribution < 1.29 is 28.5 Å². The Morgan fingerprint density at radius 3 is 1.70 bits per heavy atom. The Kier molecular flexibility index (Phi) is 14.3. The van der Waals surface area contributed by atoms with Crippen molar-refractivity contribution in [2.45, 2.75) is 92.5 Å². The maximum atomic E-state index is 12.5. The van der Waals surface area contributed by atoms with E-state index in [9.17, 15) is 9.59 Å². The Labute approximate surface area is 319 Å². The van der Waals surface area contributed by atoms with Crippen LogP contribution in [0, 0.1) is 11.8 Å². The van der Waals surface area contributed by atoms with Crippen LogP contribution in [-0.2, 0) is 25.5 Å². The number of piperidine rings is 2. The molecule has 0 unspecified atom stereocenters. The van der Waals surface area contributed by atoms with E-state index in [0.29, 0.717) is 54.5 Å². The van der Waals surface area contributed by atoms with E-state index in [0.717, 1.165) is 104 Å². The number of anilines is 2. The minimum Gasteiger partial charge on any atom is -0.461 e. The summed E-state index contributed by atoms with van der Waals surface area (Å²) in [6.07, 6.45) is 4.29. The first kappa shape index (κ1) is 40.9. The molecule has 0 aromatic carbocycles. The number of aromatic amines is 1. The van der Waals surface area contributed by atoms with Crippen molar-refractivity contribution in [1.29, 1.82) is 0 Å². The van der Waals surface area contributed by atoms with Crippen LogP contribution in [-0.4, -0.2) is 109 Å². The lowest BCUT2D eigenvalue weighted by Crippen LogP contribution is -2.35. The number of hydrogen-bond donors (Lipinski definition) is 1. The topological polar surface area (TPSA) is 150 Å². The number of hydrogen-bond acceptors (Lipinski definition) is 12. The van der Waals surface area contributed by atoms with E-state index in [1.807, 2.05) is 30.7 Å². The summed E-state index contributed by atoms with van der Waals surface area (Å²) in [4.78, 5) is 38.5. The van der Waals surface area contributed by atoms with E-state index in [2.05, 4.69) is 57.7 Å². The summed E-state index contributed by atoms with van der Waals surface area (Å²) in [5.74, 6) is 0.960. The Morgan fingerprint density at radius 2 is 1.26 bits per heavy atom. The highest BCUT2D eigenvalue weighted by atomic mass is 16.5.